The van der Waals surface area contributed by atoms with Gasteiger partial charge in [0.05, 0.1) is 17.6 Å². The van der Waals surface area contributed by atoms with Crippen LogP contribution in [0.15, 0.2) is 23.8 Å². The molecule has 1 aromatic carbocycles. The van der Waals surface area contributed by atoms with Crippen molar-refractivity contribution in [1.82, 2.24) is 0 Å². The number of carboxylic acid groups (broad SMARTS) is 1. The van der Waals surface area contributed by atoms with Crippen LogP contribution in [0.25, 0.3) is 0 Å². The molecule has 1 unspecified atom stereocenters. The van der Waals surface area contributed by atoms with Crippen molar-refractivity contribution in [3.63, 3.8) is 0 Å². The predicted octanol–water partition coefficient (Wildman–Crippen LogP) is 3.83. The first kappa shape index (κ1) is 32.7. The third-order valence-corrected chi connectivity index (χ3v) is 11.8. The zero-order chi connectivity index (χ0) is 34.1. The molecule has 3 aliphatic carbocycles. The molecule has 7 rings (SSSR count). The number of phenols is 1. The van der Waals surface area contributed by atoms with E-state index in [4.69, 9.17) is 23.7 Å². The molecule has 11 heteroatoms. The smallest absolute Gasteiger partial charge is 0.330 e. The number of fused-ring (bicyclic) bond motifs is 3. The van der Waals surface area contributed by atoms with Crippen LogP contribution in [0.4, 0.5) is 0 Å². The molecule has 8 atom stereocenters. The number of aliphatic carboxylic acids is 1. The summed E-state index contributed by atoms with van der Waals surface area (Å²) in [6.07, 6.45) is -1.24. The Kier molecular flexibility index (Phi) is 7.02. The molecule has 250 valence electrons. The van der Waals surface area contributed by atoms with Gasteiger partial charge in [0.1, 0.15) is 35.0 Å². The van der Waals surface area contributed by atoms with Gasteiger partial charge in [0.15, 0.2) is 22.6 Å². The van der Waals surface area contributed by atoms with Crippen molar-refractivity contribution in [3.05, 3.63) is 40.5 Å². The minimum Gasteiger partial charge on any atom is -0.507 e. The standard InChI is InChI=1S/C35H44O11/c1-15(2)19(36)13-18-24(37)21-25(38)22-28(42-9)33(43-10)14-20-32(7,8)46-34(30(33)41,12-11-16(3)29(39)40)35(20,22)45-27(21)23-26(18)44-17(4)31(23,5)6/h11,17,19-20,22,28,36-37H,1,12-14H2,2-10H3,(H,39,40)/b16-11+/t17-,19?,20-,22+,28+,33+,34-,35-/m1/s1. The van der Waals surface area contributed by atoms with Gasteiger partial charge in [-0.15, -0.1) is 0 Å². The normalized spacial score (nSPS) is 36.8. The van der Waals surface area contributed by atoms with Gasteiger partial charge in [0.2, 0.25) is 5.78 Å². The maximum absolute atomic E-state index is 15.2. The molecule has 0 amide bonds. The Morgan fingerprint density at radius 1 is 1.15 bits per heavy atom. The van der Waals surface area contributed by atoms with Crippen molar-refractivity contribution in [2.45, 2.75) is 114 Å². The van der Waals surface area contributed by atoms with E-state index in [0.717, 1.165) is 0 Å². The van der Waals surface area contributed by atoms with Crippen LogP contribution in [-0.4, -0.2) is 87.8 Å². The Balaban J connectivity index is 1.71. The van der Waals surface area contributed by atoms with Gasteiger partial charge < -0.3 is 39.0 Å². The maximum Gasteiger partial charge on any atom is 0.330 e. The minimum atomic E-state index is -1.84. The summed E-state index contributed by atoms with van der Waals surface area (Å²) in [5.74, 6) is -3.90. The number of phenolic OH excluding ortho intramolecular Hbond substituents is 1. The largest absolute Gasteiger partial charge is 0.507 e. The van der Waals surface area contributed by atoms with Crippen molar-refractivity contribution in [1.29, 1.82) is 0 Å². The molecule has 1 spiro atoms. The maximum atomic E-state index is 15.2. The number of aliphatic hydroxyl groups excluding tert-OH is 1. The highest BCUT2D eigenvalue weighted by Gasteiger charge is 2.90. The van der Waals surface area contributed by atoms with Gasteiger partial charge >= 0.3 is 5.97 Å². The van der Waals surface area contributed by atoms with Crippen molar-refractivity contribution in [2.24, 2.45) is 11.8 Å². The number of Topliss-reactive ketones (excluding diaryl/α,β-unsaturated/α-hetero) is 2. The number of carboxylic acids is 1. The lowest BCUT2D eigenvalue weighted by molar-refractivity contribution is -0.267. The lowest BCUT2D eigenvalue weighted by Crippen LogP contribution is -2.86. The first-order valence-corrected chi connectivity index (χ1v) is 15.7. The van der Waals surface area contributed by atoms with Gasteiger partial charge in [-0.3, -0.25) is 9.59 Å². The SMILES string of the molecule is C=C(C)C(O)Cc1c(O)c2c(c3c1O[C@H](C)C3(C)C)O[C@@]13[C@@H]4C[C@@](OC)(C(=O)[C@@]1(C/C=C(\C)C(=O)O)OC4(C)C)[C@@H](OC)[C@@H]3C2=O. The van der Waals surface area contributed by atoms with E-state index in [1.165, 1.54) is 27.2 Å². The van der Waals surface area contributed by atoms with E-state index in [1.54, 1.807) is 6.92 Å². The first-order chi connectivity index (χ1) is 21.3. The van der Waals surface area contributed by atoms with Crippen molar-refractivity contribution in [2.75, 3.05) is 14.2 Å². The molecule has 3 aliphatic heterocycles. The molecule has 1 saturated heterocycles. The van der Waals surface area contributed by atoms with Crippen LogP contribution in [0, 0.1) is 11.8 Å². The molecule has 0 aromatic heterocycles. The Bertz CT molecular complexity index is 1620. The number of aliphatic hydroxyl groups is 1. The zero-order valence-electron chi connectivity index (χ0n) is 27.9. The molecule has 6 aliphatic rings. The Morgan fingerprint density at radius 3 is 2.37 bits per heavy atom. The zero-order valence-corrected chi connectivity index (χ0v) is 27.9. The molecule has 3 saturated carbocycles. The molecular weight excluding hydrogens is 596 g/mol. The summed E-state index contributed by atoms with van der Waals surface area (Å²) in [4.78, 5) is 42.0. The fourth-order valence-electron chi connectivity index (χ4n) is 9.01. The van der Waals surface area contributed by atoms with Gasteiger partial charge in [-0.25, -0.2) is 4.79 Å². The van der Waals surface area contributed by atoms with Crippen LogP contribution < -0.4 is 9.47 Å². The van der Waals surface area contributed by atoms with Gasteiger partial charge in [-0.1, -0.05) is 32.1 Å². The monoisotopic (exact) mass is 640 g/mol. The molecule has 3 N–H and O–H groups in total. The van der Waals surface area contributed by atoms with Crippen LogP contribution in [0.3, 0.4) is 0 Å². The van der Waals surface area contributed by atoms with E-state index in [9.17, 15) is 24.9 Å². The lowest BCUT2D eigenvalue weighted by Gasteiger charge is -2.65. The fraction of sp³-hybridized carbons (Fsp3) is 0.629. The quantitative estimate of drug-likeness (QED) is 0.280. The van der Waals surface area contributed by atoms with Crippen LogP contribution in [0.2, 0.25) is 0 Å². The van der Waals surface area contributed by atoms with E-state index in [1.807, 2.05) is 34.6 Å². The number of methoxy groups -OCH3 is 2. The molecule has 3 heterocycles. The number of carbonyl (C=O) groups excluding carboxylic acids is 2. The van der Waals surface area contributed by atoms with Crippen LogP contribution in [-0.2, 0) is 35.6 Å². The summed E-state index contributed by atoms with van der Waals surface area (Å²) in [6, 6.07) is 0. The predicted molar refractivity (Wildman–Crippen MR) is 164 cm³/mol. The van der Waals surface area contributed by atoms with Gasteiger partial charge in [-0.2, -0.15) is 0 Å². The second kappa shape index (κ2) is 9.88. The van der Waals surface area contributed by atoms with Gasteiger partial charge in [0.25, 0.3) is 0 Å². The number of carbonyl (C=O) groups is 3. The van der Waals surface area contributed by atoms with E-state index in [0.29, 0.717) is 16.9 Å². The topological polar surface area (TPSA) is 158 Å². The van der Waals surface area contributed by atoms with Crippen molar-refractivity contribution in [3.8, 4) is 17.2 Å². The van der Waals surface area contributed by atoms with E-state index < -0.39 is 75.5 Å². The second-order valence-electron chi connectivity index (χ2n) is 14.8. The summed E-state index contributed by atoms with van der Waals surface area (Å²) in [7, 11) is 2.80. The number of ketones is 2. The first-order valence-electron chi connectivity index (χ1n) is 15.7. The summed E-state index contributed by atoms with van der Waals surface area (Å²) >= 11 is 0. The number of hydrogen-bond acceptors (Lipinski definition) is 10. The van der Waals surface area contributed by atoms with Crippen LogP contribution in [0.1, 0.15) is 82.8 Å². The average molecular weight is 641 g/mol. The van der Waals surface area contributed by atoms with Crippen LogP contribution in [0.5, 0.6) is 17.2 Å². The van der Waals surface area contributed by atoms with Crippen molar-refractivity contribution < 1.29 is 53.4 Å². The highest BCUT2D eigenvalue weighted by atomic mass is 16.6. The minimum absolute atomic E-state index is 0.00123. The molecule has 46 heavy (non-hydrogen) atoms. The molecular formula is C35H44O11. The number of benzene rings is 1. The third kappa shape index (κ3) is 3.65. The average Bonchev–Trinajstić information content (AvgIpc) is 3.30. The number of ether oxygens (including phenoxy) is 5. The lowest BCUT2D eigenvalue weighted by atomic mass is 9.44. The number of hydrogen-bond donors (Lipinski definition) is 3. The molecule has 4 bridgehead atoms. The number of rotatable bonds is 8. The van der Waals surface area contributed by atoms with Crippen molar-refractivity contribution >= 4 is 17.5 Å². The Hall–Kier alpha value is -3.25. The fourth-order valence-corrected chi connectivity index (χ4v) is 9.01. The highest BCUT2D eigenvalue weighted by Crippen LogP contribution is 2.72. The second-order valence-corrected chi connectivity index (χ2v) is 14.8. The number of aromatic hydroxyl groups is 1. The molecule has 4 fully saturated rings. The molecule has 0 radical (unpaired) electrons. The Morgan fingerprint density at radius 2 is 1.80 bits per heavy atom. The summed E-state index contributed by atoms with van der Waals surface area (Å²) in [6.45, 7) is 16.4. The summed E-state index contributed by atoms with van der Waals surface area (Å²) in [5, 5.41) is 32.5. The summed E-state index contributed by atoms with van der Waals surface area (Å²) in [5.41, 5.74) is -5.68. The Labute approximate surface area is 268 Å². The molecule has 11 nitrogen and oxygen atoms in total. The van der Waals surface area contributed by atoms with E-state index in [2.05, 4.69) is 6.58 Å². The van der Waals surface area contributed by atoms with E-state index in [-0.39, 0.29) is 47.5 Å². The van der Waals surface area contributed by atoms with Crippen LogP contribution >= 0.6 is 0 Å². The summed E-state index contributed by atoms with van der Waals surface area (Å²) < 4.78 is 32.4. The van der Waals surface area contributed by atoms with E-state index >= 15 is 4.79 Å². The van der Waals surface area contributed by atoms with Gasteiger partial charge in [-0.05, 0) is 41.0 Å². The highest BCUT2D eigenvalue weighted by molar-refractivity contribution is 6.11. The van der Waals surface area contributed by atoms with Gasteiger partial charge in [0, 0.05) is 55.1 Å². The third-order valence-electron chi connectivity index (χ3n) is 11.8. The molecule has 1 aromatic rings.